The predicted molar refractivity (Wildman–Crippen MR) is 128 cm³/mol. The zero-order valence-electron chi connectivity index (χ0n) is 17.9. The molecule has 0 saturated carbocycles. The zero-order valence-corrected chi connectivity index (χ0v) is 19.5. The molecule has 3 aromatic carbocycles. The van der Waals surface area contributed by atoms with Crippen molar-refractivity contribution in [3.8, 4) is 5.75 Å². The fourth-order valence-corrected chi connectivity index (χ4v) is 4.18. The zero-order chi connectivity index (χ0) is 23.0. The molecule has 3 aromatic rings. The van der Waals surface area contributed by atoms with E-state index in [-0.39, 0.29) is 11.3 Å². The van der Waals surface area contributed by atoms with E-state index in [1.54, 1.807) is 42.5 Å². The van der Waals surface area contributed by atoms with Gasteiger partial charge in [0.1, 0.15) is 11.5 Å². The van der Waals surface area contributed by atoms with Gasteiger partial charge >= 0.3 is 0 Å². The van der Waals surface area contributed by atoms with Crippen LogP contribution in [0, 0.1) is 13.8 Å². The number of hydrogen-bond acceptors (Lipinski definition) is 4. The van der Waals surface area contributed by atoms with E-state index in [0.717, 1.165) is 15.6 Å². The van der Waals surface area contributed by atoms with Gasteiger partial charge in [-0.2, -0.15) is 0 Å². The lowest BCUT2D eigenvalue weighted by molar-refractivity contribution is -0.132. The molecule has 1 aliphatic heterocycles. The number of Topliss-reactive ketones (excluding diaryl/α,β-unsaturated/α-hetero) is 1. The van der Waals surface area contributed by atoms with Gasteiger partial charge in [-0.05, 0) is 49.7 Å². The molecule has 162 valence electrons. The van der Waals surface area contributed by atoms with Crippen molar-refractivity contribution in [3.05, 3.63) is 99.0 Å². The number of nitrogens with zero attached hydrogens (tertiary/aromatic N) is 1. The van der Waals surface area contributed by atoms with Gasteiger partial charge in [0.05, 0.1) is 18.7 Å². The summed E-state index contributed by atoms with van der Waals surface area (Å²) in [5, 5.41) is 11.3. The topological polar surface area (TPSA) is 66.8 Å². The third kappa shape index (κ3) is 3.71. The lowest BCUT2D eigenvalue weighted by atomic mass is 9.94. The standard InChI is InChI=1S/C26H22BrNO4/c1-15-8-11-18(12-9-15)28-23(19-6-4-5-7-21(19)32-3)22(25(30)26(28)31)24(29)17-10-13-20(27)16(2)14-17/h4-14,23,29H,1-3H3/b24-22+. The fourth-order valence-electron chi connectivity index (χ4n) is 3.94. The predicted octanol–water partition coefficient (Wildman–Crippen LogP) is 5.70. The number of hydrogen-bond donors (Lipinski definition) is 1. The number of aliphatic hydroxyl groups excluding tert-OH is 1. The quantitative estimate of drug-likeness (QED) is 0.288. The lowest BCUT2D eigenvalue weighted by Crippen LogP contribution is -2.29. The first-order valence-corrected chi connectivity index (χ1v) is 10.9. The number of carbonyl (C=O) groups is 2. The molecular weight excluding hydrogens is 470 g/mol. The highest BCUT2D eigenvalue weighted by atomic mass is 79.9. The van der Waals surface area contributed by atoms with Crippen LogP contribution in [-0.4, -0.2) is 23.9 Å². The highest BCUT2D eigenvalue weighted by molar-refractivity contribution is 9.10. The van der Waals surface area contributed by atoms with Crippen molar-refractivity contribution in [3.63, 3.8) is 0 Å². The molecule has 4 rings (SSSR count). The van der Waals surface area contributed by atoms with E-state index in [9.17, 15) is 14.7 Å². The third-order valence-corrected chi connectivity index (χ3v) is 6.51. The van der Waals surface area contributed by atoms with E-state index in [4.69, 9.17) is 4.74 Å². The molecule has 1 heterocycles. The number of rotatable bonds is 4. The van der Waals surface area contributed by atoms with Crippen molar-refractivity contribution in [2.45, 2.75) is 19.9 Å². The molecule has 1 amide bonds. The van der Waals surface area contributed by atoms with Crippen molar-refractivity contribution >= 4 is 39.1 Å². The molecule has 0 aliphatic carbocycles. The van der Waals surface area contributed by atoms with Crippen LogP contribution >= 0.6 is 15.9 Å². The SMILES string of the molecule is COc1ccccc1C1/C(=C(\O)c2ccc(Br)c(C)c2)C(=O)C(=O)N1c1ccc(C)cc1. The van der Waals surface area contributed by atoms with Gasteiger partial charge in [0.2, 0.25) is 0 Å². The summed E-state index contributed by atoms with van der Waals surface area (Å²) in [5.41, 5.74) is 3.61. The second-order valence-electron chi connectivity index (χ2n) is 7.71. The fraction of sp³-hybridized carbons (Fsp3) is 0.154. The molecule has 1 N–H and O–H groups in total. The van der Waals surface area contributed by atoms with Gasteiger partial charge in [-0.15, -0.1) is 0 Å². The molecule has 0 spiro atoms. The average Bonchev–Trinajstić information content (AvgIpc) is 3.06. The first-order valence-electron chi connectivity index (χ1n) is 10.1. The van der Waals surface area contributed by atoms with Crippen LogP contribution in [0.25, 0.3) is 5.76 Å². The lowest BCUT2D eigenvalue weighted by Gasteiger charge is -2.26. The van der Waals surface area contributed by atoms with E-state index >= 15 is 0 Å². The van der Waals surface area contributed by atoms with Crippen molar-refractivity contribution < 1.29 is 19.4 Å². The summed E-state index contributed by atoms with van der Waals surface area (Å²) in [5.74, 6) is -1.13. The minimum atomic E-state index is -0.835. The number of carbonyl (C=O) groups excluding carboxylic acids is 2. The van der Waals surface area contributed by atoms with Crippen LogP contribution in [-0.2, 0) is 9.59 Å². The molecule has 0 aromatic heterocycles. The van der Waals surface area contributed by atoms with Gasteiger partial charge in [0.25, 0.3) is 11.7 Å². The van der Waals surface area contributed by atoms with E-state index in [1.165, 1.54) is 12.0 Å². The Labute approximate surface area is 195 Å². The second-order valence-corrected chi connectivity index (χ2v) is 8.56. The van der Waals surface area contributed by atoms with Crippen molar-refractivity contribution in [2.75, 3.05) is 12.0 Å². The summed E-state index contributed by atoms with van der Waals surface area (Å²) in [6.07, 6.45) is 0. The Balaban J connectivity index is 1.99. The summed E-state index contributed by atoms with van der Waals surface area (Å²) >= 11 is 3.45. The largest absolute Gasteiger partial charge is 0.507 e. The van der Waals surface area contributed by atoms with Crippen LogP contribution in [0.3, 0.4) is 0 Å². The van der Waals surface area contributed by atoms with Gasteiger partial charge in [0, 0.05) is 21.3 Å². The number of halogens is 1. The Morgan fingerprint density at radius 1 is 1.00 bits per heavy atom. The molecule has 1 fully saturated rings. The Morgan fingerprint density at radius 3 is 2.34 bits per heavy atom. The van der Waals surface area contributed by atoms with Crippen molar-refractivity contribution in [2.24, 2.45) is 0 Å². The van der Waals surface area contributed by atoms with E-state index < -0.39 is 17.7 Å². The number of amides is 1. The first-order chi connectivity index (χ1) is 15.3. The molecule has 6 heteroatoms. The van der Waals surface area contributed by atoms with Gasteiger partial charge in [-0.3, -0.25) is 14.5 Å². The highest BCUT2D eigenvalue weighted by Crippen LogP contribution is 2.45. The number of benzene rings is 3. The Bertz CT molecular complexity index is 1250. The normalized spacial score (nSPS) is 17.6. The van der Waals surface area contributed by atoms with Gasteiger partial charge < -0.3 is 9.84 Å². The summed E-state index contributed by atoms with van der Waals surface area (Å²) in [7, 11) is 1.54. The van der Waals surface area contributed by atoms with Gasteiger partial charge in [-0.1, -0.05) is 57.9 Å². The van der Waals surface area contributed by atoms with Crippen LogP contribution in [0.1, 0.15) is 28.3 Å². The molecular formula is C26H22BrNO4. The van der Waals surface area contributed by atoms with Crippen LogP contribution < -0.4 is 9.64 Å². The van der Waals surface area contributed by atoms with E-state index in [0.29, 0.717) is 22.6 Å². The summed E-state index contributed by atoms with van der Waals surface area (Å²) < 4.78 is 6.43. The molecule has 1 atom stereocenters. The maximum Gasteiger partial charge on any atom is 0.300 e. The maximum absolute atomic E-state index is 13.2. The van der Waals surface area contributed by atoms with Crippen LogP contribution in [0.2, 0.25) is 0 Å². The highest BCUT2D eigenvalue weighted by Gasteiger charge is 2.47. The Kier molecular flexibility index (Phi) is 5.89. The summed E-state index contributed by atoms with van der Waals surface area (Å²) in [4.78, 5) is 27.9. The molecule has 5 nitrogen and oxygen atoms in total. The van der Waals surface area contributed by atoms with Crippen LogP contribution in [0.4, 0.5) is 5.69 Å². The first kappa shape index (κ1) is 21.8. The smallest absolute Gasteiger partial charge is 0.300 e. The number of anilines is 1. The van der Waals surface area contributed by atoms with Crippen LogP contribution in [0.5, 0.6) is 5.75 Å². The maximum atomic E-state index is 13.2. The third-order valence-electron chi connectivity index (χ3n) is 5.62. The molecule has 1 unspecified atom stereocenters. The second kappa shape index (κ2) is 8.63. The van der Waals surface area contributed by atoms with Crippen molar-refractivity contribution in [1.29, 1.82) is 0 Å². The minimum absolute atomic E-state index is 0.0294. The average molecular weight is 492 g/mol. The number of ketones is 1. The number of ether oxygens (including phenoxy) is 1. The molecule has 1 aliphatic rings. The van der Waals surface area contributed by atoms with Gasteiger partial charge in [-0.25, -0.2) is 0 Å². The molecule has 0 radical (unpaired) electrons. The van der Waals surface area contributed by atoms with E-state index in [2.05, 4.69) is 15.9 Å². The Morgan fingerprint density at radius 2 is 1.69 bits per heavy atom. The molecule has 1 saturated heterocycles. The number of aryl methyl sites for hydroxylation is 2. The molecule has 0 bridgehead atoms. The number of methoxy groups -OCH3 is 1. The summed E-state index contributed by atoms with van der Waals surface area (Å²) in [6.45, 7) is 3.84. The van der Waals surface area contributed by atoms with Crippen molar-refractivity contribution in [1.82, 2.24) is 0 Å². The minimum Gasteiger partial charge on any atom is -0.507 e. The summed E-state index contributed by atoms with van der Waals surface area (Å²) in [6, 6.07) is 19.0. The van der Waals surface area contributed by atoms with Crippen LogP contribution in [0.15, 0.2) is 76.8 Å². The number of para-hydroxylation sites is 1. The number of aliphatic hydroxyl groups is 1. The van der Waals surface area contributed by atoms with Gasteiger partial charge in [0.15, 0.2) is 0 Å². The van der Waals surface area contributed by atoms with E-state index in [1.807, 2.05) is 38.1 Å². The molecule has 32 heavy (non-hydrogen) atoms. The Hall–Kier alpha value is -3.38. The monoisotopic (exact) mass is 491 g/mol.